The number of rotatable bonds is 4. The lowest BCUT2D eigenvalue weighted by molar-refractivity contribution is -0.139. The van der Waals surface area contributed by atoms with Gasteiger partial charge < -0.3 is 19.4 Å². The molecule has 0 aromatic heterocycles. The lowest BCUT2D eigenvalue weighted by atomic mass is 9.96. The smallest absolute Gasteiger partial charge is 0.409 e. The van der Waals surface area contributed by atoms with E-state index in [9.17, 15) is 9.59 Å². The van der Waals surface area contributed by atoms with Crippen molar-refractivity contribution >= 4 is 12.0 Å². The van der Waals surface area contributed by atoms with Crippen LogP contribution in [0.4, 0.5) is 4.79 Å². The fourth-order valence-corrected chi connectivity index (χ4v) is 3.25. The van der Waals surface area contributed by atoms with Gasteiger partial charge >= 0.3 is 6.09 Å². The van der Waals surface area contributed by atoms with Crippen LogP contribution in [0.25, 0.3) is 0 Å². The summed E-state index contributed by atoms with van der Waals surface area (Å²) in [5, 5.41) is 8.69. The summed E-state index contributed by atoms with van der Waals surface area (Å²) in [6.45, 7) is 6.86. The molecule has 0 N–H and O–H groups in total. The Labute approximate surface area is 137 Å². The first-order valence-corrected chi connectivity index (χ1v) is 8.45. The van der Waals surface area contributed by atoms with Crippen LogP contribution in [0.5, 0.6) is 0 Å². The number of carbonyl (C=O) groups excluding carboxylic acids is 2. The molecule has 2 amide bonds. The highest BCUT2D eigenvalue weighted by molar-refractivity contribution is 5.79. The molecule has 0 bridgehead atoms. The molecule has 2 aliphatic rings. The zero-order valence-corrected chi connectivity index (χ0v) is 13.9. The van der Waals surface area contributed by atoms with E-state index in [0.717, 1.165) is 32.5 Å². The molecular weight excluding hydrogens is 296 g/mol. The average Bonchev–Trinajstić information content (AvgIpc) is 2.60. The van der Waals surface area contributed by atoms with Gasteiger partial charge in [0.25, 0.3) is 0 Å². The standard InChI is InChI=1S/C16H26N4O3/c1-2-23-16(22)20-11-9-19(10-12-20)15(21)14-5-3-7-18(13-14)8-4-6-17/h14H,2-5,7-13H2,1H3. The van der Waals surface area contributed by atoms with E-state index in [0.29, 0.717) is 39.2 Å². The number of nitrogens with zero attached hydrogens (tertiary/aromatic N) is 4. The van der Waals surface area contributed by atoms with Gasteiger partial charge in [-0.05, 0) is 26.3 Å². The van der Waals surface area contributed by atoms with Crippen molar-refractivity contribution in [3.8, 4) is 6.07 Å². The minimum atomic E-state index is -0.292. The summed E-state index contributed by atoms with van der Waals surface area (Å²) in [6.07, 6.45) is 2.14. The Bertz CT molecular complexity index is 455. The van der Waals surface area contributed by atoms with Crippen LogP contribution in [0, 0.1) is 17.2 Å². The Morgan fingerprint density at radius 1 is 1.17 bits per heavy atom. The lowest BCUT2D eigenvalue weighted by Gasteiger charge is -2.38. The molecule has 2 rings (SSSR count). The molecule has 23 heavy (non-hydrogen) atoms. The van der Waals surface area contributed by atoms with Crippen LogP contribution >= 0.6 is 0 Å². The van der Waals surface area contributed by atoms with E-state index in [1.165, 1.54) is 0 Å². The molecule has 0 aromatic rings. The molecule has 0 saturated carbocycles. The topological polar surface area (TPSA) is 76.9 Å². The first-order chi connectivity index (χ1) is 11.2. The lowest BCUT2D eigenvalue weighted by Crippen LogP contribution is -2.53. The maximum atomic E-state index is 12.7. The van der Waals surface area contributed by atoms with Crippen LogP contribution in [0.15, 0.2) is 0 Å². The molecular formula is C16H26N4O3. The molecule has 128 valence electrons. The van der Waals surface area contributed by atoms with Gasteiger partial charge in [0, 0.05) is 45.7 Å². The van der Waals surface area contributed by atoms with Crippen LogP contribution in [0.2, 0.25) is 0 Å². The molecule has 2 saturated heterocycles. The summed E-state index contributed by atoms with van der Waals surface area (Å²) >= 11 is 0. The van der Waals surface area contributed by atoms with Crippen molar-refractivity contribution in [2.75, 3.05) is 52.4 Å². The van der Waals surface area contributed by atoms with E-state index in [-0.39, 0.29) is 17.9 Å². The Morgan fingerprint density at radius 3 is 2.52 bits per heavy atom. The van der Waals surface area contributed by atoms with Gasteiger partial charge in [0.2, 0.25) is 5.91 Å². The number of hydrogen-bond acceptors (Lipinski definition) is 5. The molecule has 1 unspecified atom stereocenters. The third-order valence-corrected chi connectivity index (χ3v) is 4.51. The molecule has 1 atom stereocenters. The van der Waals surface area contributed by atoms with E-state index in [4.69, 9.17) is 10.00 Å². The van der Waals surface area contributed by atoms with Crippen molar-refractivity contribution in [1.29, 1.82) is 5.26 Å². The van der Waals surface area contributed by atoms with Crippen LogP contribution in [-0.2, 0) is 9.53 Å². The van der Waals surface area contributed by atoms with E-state index >= 15 is 0 Å². The van der Waals surface area contributed by atoms with Gasteiger partial charge in [0.1, 0.15) is 0 Å². The fourth-order valence-electron chi connectivity index (χ4n) is 3.25. The molecule has 0 aromatic carbocycles. The van der Waals surface area contributed by atoms with E-state index < -0.39 is 0 Å². The Kier molecular flexibility index (Phi) is 6.66. The van der Waals surface area contributed by atoms with E-state index in [2.05, 4.69) is 11.0 Å². The van der Waals surface area contributed by atoms with Gasteiger partial charge in [-0.3, -0.25) is 4.79 Å². The van der Waals surface area contributed by atoms with Crippen LogP contribution in [0.3, 0.4) is 0 Å². The van der Waals surface area contributed by atoms with Crippen molar-refractivity contribution < 1.29 is 14.3 Å². The van der Waals surface area contributed by atoms with Gasteiger partial charge in [0.05, 0.1) is 18.6 Å². The summed E-state index contributed by atoms with van der Waals surface area (Å²) < 4.78 is 5.00. The van der Waals surface area contributed by atoms with Crippen molar-refractivity contribution in [2.45, 2.75) is 26.2 Å². The number of piperazine rings is 1. The largest absolute Gasteiger partial charge is 0.450 e. The Balaban J connectivity index is 1.80. The van der Waals surface area contributed by atoms with Crippen molar-refractivity contribution in [2.24, 2.45) is 5.92 Å². The van der Waals surface area contributed by atoms with Crippen LogP contribution in [0.1, 0.15) is 26.2 Å². The molecule has 0 radical (unpaired) electrons. The number of amides is 2. The van der Waals surface area contributed by atoms with Gasteiger partial charge in [0.15, 0.2) is 0 Å². The highest BCUT2D eigenvalue weighted by atomic mass is 16.6. The second kappa shape index (κ2) is 8.73. The van der Waals surface area contributed by atoms with E-state index in [1.54, 1.807) is 11.8 Å². The zero-order valence-electron chi connectivity index (χ0n) is 13.9. The number of hydrogen-bond donors (Lipinski definition) is 0. The van der Waals surface area contributed by atoms with Gasteiger partial charge in [-0.1, -0.05) is 0 Å². The molecule has 7 nitrogen and oxygen atoms in total. The predicted molar refractivity (Wildman–Crippen MR) is 84.6 cm³/mol. The number of ether oxygens (including phenoxy) is 1. The summed E-state index contributed by atoms with van der Waals surface area (Å²) in [7, 11) is 0. The van der Waals surface area contributed by atoms with Gasteiger partial charge in [-0.15, -0.1) is 0 Å². The average molecular weight is 322 g/mol. The molecule has 0 aliphatic carbocycles. The maximum absolute atomic E-state index is 12.7. The van der Waals surface area contributed by atoms with Gasteiger partial charge in [-0.2, -0.15) is 5.26 Å². The first-order valence-electron chi connectivity index (χ1n) is 8.45. The zero-order chi connectivity index (χ0) is 16.7. The third kappa shape index (κ3) is 4.83. The number of nitriles is 1. The summed E-state index contributed by atoms with van der Waals surface area (Å²) in [5.74, 6) is 0.215. The Hall–Kier alpha value is -1.81. The summed E-state index contributed by atoms with van der Waals surface area (Å²) in [5.41, 5.74) is 0. The summed E-state index contributed by atoms with van der Waals surface area (Å²) in [6, 6.07) is 2.16. The second-order valence-corrected chi connectivity index (χ2v) is 6.06. The highest BCUT2D eigenvalue weighted by Gasteiger charge is 2.31. The first kappa shape index (κ1) is 17.5. The molecule has 7 heteroatoms. The monoisotopic (exact) mass is 322 g/mol. The summed E-state index contributed by atoms with van der Waals surface area (Å²) in [4.78, 5) is 30.1. The van der Waals surface area contributed by atoms with Crippen molar-refractivity contribution in [3.05, 3.63) is 0 Å². The predicted octanol–water partition coefficient (Wildman–Crippen LogP) is 0.913. The molecule has 2 fully saturated rings. The quantitative estimate of drug-likeness (QED) is 0.769. The molecule has 2 aliphatic heterocycles. The third-order valence-electron chi connectivity index (χ3n) is 4.51. The number of piperidine rings is 1. The number of likely N-dealkylation sites (tertiary alicyclic amines) is 1. The van der Waals surface area contributed by atoms with Crippen LogP contribution < -0.4 is 0 Å². The van der Waals surface area contributed by atoms with Crippen molar-refractivity contribution in [1.82, 2.24) is 14.7 Å². The van der Waals surface area contributed by atoms with Crippen molar-refractivity contribution in [3.63, 3.8) is 0 Å². The van der Waals surface area contributed by atoms with E-state index in [1.807, 2.05) is 4.90 Å². The highest BCUT2D eigenvalue weighted by Crippen LogP contribution is 2.20. The SMILES string of the molecule is CCOC(=O)N1CCN(C(=O)C2CCCN(CCC#N)C2)CC1. The molecule has 0 spiro atoms. The van der Waals surface area contributed by atoms with Gasteiger partial charge in [-0.25, -0.2) is 4.79 Å². The Morgan fingerprint density at radius 2 is 1.87 bits per heavy atom. The minimum absolute atomic E-state index is 0.0246. The molecule has 2 heterocycles. The van der Waals surface area contributed by atoms with Crippen LogP contribution in [-0.4, -0.2) is 79.1 Å². The normalized spacial score (nSPS) is 22.5. The maximum Gasteiger partial charge on any atom is 0.409 e. The second-order valence-electron chi connectivity index (χ2n) is 6.06. The minimum Gasteiger partial charge on any atom is -0.450 e. The fraction of sp³-hybridized carbons (Fsp3) is 0.812. The number of carbonyl (C=O) groups is 2.